The SMILES string of the molecule is CCNC(=NCc1cc(CC)no1)N1CCC(C)(C)C1. The molecule has 0 atom stereocenters. The van der Waals surface area contributed by atoms with E-state index in [1.54, 1.807) is 0 Å². The zero-order chi connectivity index (χ0) is 14.6. The van der Waals surface area contributed by atoms with Gasteiger partial charge in [0, 0.05) is 25.7 Å². The van der Waals surface area contributed by atoms with Crippen molar-refractivity contribution >= 4 is 5.96 Å². The summed E-state index contributed by atoms with van der Waals surface area (Å²) in [5.74, 6) is 1.81. The molecule has 0 amide bonds. The summed E-state index contributed by atoms with van der Waals surface area (Å²) in [4.78, 5) is 7.01. The van der Waals surface area contributed by atoms with E-state index in [2.05, 4.69) is 48.1 Å². The fourth-order valence-electron chi connectivity index (χ4n) is 2.47. The van der Waals surface area contributed by atoms with Crippen LogP contribution < -0.4 is 5.32 Å². The van der Waals surface area contributed by atoms with Gasteiger partial charge in [-0.2, -0.15) is 0 Å². The van der Waals surface area contributed by atoms with E-state index in [0.717, 1.165) is 43.5 Å². The molecule has 0 aromatic carbocycles. The Hall–Kier alpha value is -1.52. The molecule has 1 fully saturated rings. The summed E-state index contributed by atoms with van der Waals surface area (Å²) in [6, 6.07) is 1.99. The van der Waals surface area contributed by atoms with Gasteiger partial charge in [-0.3, -0.25) is 0 Å². The number of hydrogen-bond donors (Lipinski definition) is 1. The molecule has 5 nitrogen and oxygen atoms in total. The van der Waals surface area contributed by atoms with Crippen LogP contribution in [0.1, 0.15) is 45.6 Å². The van der Waals surface area contributed by atoms with Crippen LogP contribution in [0.25, 0.3) is 0 Å². The largest absolute Gasteiger partial charge is 0.359 e. The van der Waals surface area contributed by atoms with Gasteiger partial charge in [0.25, 0.3) is 0 Å². The summed E-state index contributed by atoms with van der Waals surface area (Å²) >= 11 is 0. The van der Waals surface area contributed by atoms with Crippen LogP contribution in [0.4, 0.5) is 0 Å². The molecule has 2 rings (SSSR count). The fourth-order valence-corrected chi connectivity index (χ4v) is 2.47. The number of nitrogens with zero attached hydrogens (tertiary/aromatic N) is 3. The Morgan fingerprint density at radius 2 is 2.30 bits per heavy atom. The molecule has 0 bridgehead atoms. The average molecular weight is 278 g/mol. The summed E-state index contributed by atoms with van der Waals surface area (Å²) in [5.41, 5.74) is 1.36. The summed E-state index contributed by atoms with van der Waals surface area (Å²) in [6.07, 6.45) is 2.10. The van der Waals surface area contributed by atoms with Crippen LogP contribution >= 0.6 is 0 Å². The maximum Gasteiger partial charge on any atom is 0.194 e. The van der Waals surface area contributed by atoms with Crippen molar-refractivity contribution in [2.45, 2.75) is 47.1 Å². The summed E-state index contributed by atoms with van der Waals surface area (Å²) in [5, 5.41) is 7.37. The molecule has 0 radical (unpaired) electrons. The molecule has 0 saturated carbocycles. The van der Waals surface area contributed by atoms with Gasteiger partial charge in [0.05, 0.1) is 5.69 Å². The summed E-state index contributed by atoms with van der Waals surface area (Å²) in [6.45, 7) is 12.3. The second-order valence-corrected chi connectivity index (χ2v) is 6.14. The molecular weight excluding hydrogens is 252 g/mol. The first kappa shape index (κ1) is 14.9. The highest BCUT2D eigenvalue weighted by molar-refractivity contribution is 5.80. The predicted molar refractivity (Wildman–Crippen MR) is 80.7 cm³/mol. The lowest BCUT2D eigenvalue weighted by Gasteiger charge is -2.23. The van der Waals surface area contributed by atoms with Crippen LogP contribution in [-0.4, -0.2) is 35.7 Å². The number of aryl methyl sites for hydroxylation is 1. The number of rotatable bonds is 4. The minimum Gasteiger partial charge on any atom is -0.359 e. The lowest BCUT2D eigenvalue weighted by atomic mass is 9.93. The van der Waals surface area contributed by atoms with Gasteiger partial charge in [0.2, 0.25) is 0 Å². The summed E-state index contributed by atoms with van der Waals surface area (Å²) in [7, 11) is 0. The van der Waals surface area contributed by atoms with E-state index in [-0.39, 0.29) is 0 Å². The van der Waals surface area contributed by atoms with E-state index in [1.165, 1.54) is 6.42 Å². The van der Waals surface area contributed by atoms with E-state index < -0.39 is 0 Å². The average Bonchev–Trinajstić information content (AvgIpc) is 3.00. The number of aromatic nitrogens is 1. The van der Waals surface area contributed by atoms with Gasteiger partial charge in [0.1, 0.15) is 6.54 Å². The minimum atomic E-state index is 0.373. The van der Waals surface area contributed by atoms with Crippen molar-refractivity contribution < 1.29 is 4.52 Å². The molecular formula is C15H26N4O. The molecule has 1 saturated heterocycles. The van der Waals surface area contributed by atoms with Crippen LogP contribution in [0, 0.1) is 5.41 Å². The monoisotopic (exact) mass is 278 g/mol. The molecule has 1 aliphatic rings. The minimum absolute atomic E-state index is 0.373. The maximum absolute atomic E-state index is 5.28. The van der Waals surface area contributed by atoms with E-state index >= 15 is 0 Å². The van der Waals surface area contributed by atoms with Crippen molar-refractivity contribution in [3.8, 4) is 0 Å². The van der Waals surface area contributed by atoms with E-state index in [1.807, 2.05) is 6.07 Å². The number of guanidine groups is 1. The number of aliphatic imine (C=N–C) groups is 1. The van der Waals surface area contributed by atoms with Gasteiger partial charge in [-0.05, 0) is 25.2 Å². The van der Waals surface area contributed by atoms with Gasteiger partial charge in [-0.15, -0.1) is 0 Å². The molecule has 1 aromatic rings. The second kappa shape index (κ2) is 6.29. The third kappa shape index (κ3) is 3.74. The first-order valence-electron chi connectivity index (χ1n) is 7.52. The maximum atomic E-state index is 5.28. The quantitative estimate of drug-likeness (QED) is 0.679. The first-order chi connectivity index (χ1) is 9.54. The topological polar surface area (TPSA) is 53.7 Å². The van der Waals surface area contributed by atoms with Crippen molar-refractivity contribution in [3.63, 3.8) is 0 Å². The molecule has 1 aromatic heterocycles. The first-order valence-corrected chi connectivity index (χ1v) is 7.52. The Balaban J connectivity index is 2.02. The standard InChI is InChI=1S/C15H26N4O/c1-5-12-9-13(20-18-12)10-17-14(16-6-2)19-8-7-15(3,4)11-19/h9H,5-8,10-11H2,1-4H3,(H,16,17). The summed E-state index contributed by atoms with van der Waals surface area (Å²) < 4.78 is 5.28. The highest BCUT2D eigenvalue weighted by Crippen LogP contribution is 2.28. The van der Waals surface area contributed by atoms with Crippen molar-refractivity contribution in [1.29, 1.82) is 0 Å². The molecule has 0 unspecified atom stereocenters. The second-order valence-electron chi connectivity index (χ2n) is 6.14. The Bertz CT molecular complexity index is 464. The van der Waals surface area contributed by atoms with Gasteiger partial charge in [-0.25, -0.2) is 4.99 Å². The van der Waals surface area contributed by atoms with Gasteiger partial charge in [0.15, 0.2) is 11.7 Å². The molecule has 1 aliphatic heterocycles. The van der Waals surface area contributed by atoms with Gasteiger partial charge in [-0.1, -0.05) is 25.9 Å². The van der Waals surface area contributed by atoms with Crippen LogP contribution in [0.2, 0.25) is 0 Å². The van der Waals surface area contributed by atoms with Crippen molar-refractivity contribution in [2.75, 3.05) is 19.6 Å². The highest BCUT2D eigenvalue weighted by Gasteiger charge is 2.30. The number of hydrogen-bond acceptors (Lipinski definition) is 3. The van der Waals surface area contributed by atoms with E-state index in [0.29, 0.717) is 12.0 Å². The molecule has 2 heterocycles. The zero-order valence-electron chi connectivity index (χ0n) is 13.1. The predicted octanol–water partition coefficient (Wildman–Crippen LogP) is 2.43. The lowest BCUT2D eigenvalue weighted by Crippen LogP contribution is -2.40. The lowest BCUT2D eigenvalue weighted by molar-refractivity contribution is 0.366. The van der Waals surface area contributed by atoms with Crippen LogP contribution in [0.3, 0.4) is 0 Å². The Kier molecular flexibility index (Phi) is 4.68. The van der Waals surface area contributed by atoms with Crippen LogP contribution in [-0.2, 0) is 13.0 Å². The number of likely N-dealkylation sites (tertiary alicyclic amines) is 1. The Labute approximate surface area is 121 Å². The molecule has 1 N–H and O–H groups in total. The van der Waals surface area contributed by atoms with Crippen molar-refractivity contribution in [3.05, 3.63) is 17.5 Å². The smallest absolute Gasteiger partial charge is 0.194 e. The Morgan fingerprint density at radius 1 is 1.50 bits per heavy atom. The third-order valence-electron chi connectivity index (χ3n) is 3.67. The van der Waals surface area contributed by atoms with Crippen LogP contribution in [0.5, 0.6) is 0 Å². The molecule has 20 heavy (non-hydrogen) atoms. The van der Waals surface area contributed by atoms with E-state index in [4.69, 9.17) is 4.52 Å². The van der Waals surface area contributed by atoms with Gasteiger partial charge < -0.3 is 14.7 Å². The normalized spacial score (nSPS) is 18.6. The van der Waals surface area contributed by atoms with Gasteiger partial charge >= 0.3 is 0 Å². The van der Waals surface area contributed by atoms with Crippen molar-refractivity contribution in [1.82, 2.24) is 15.4 Å². The number of nitrogens with one attached hydrogen (secondary N) is 1. The third-order valence-corrected chi connectivity index (χ3v) is 3.67. The van der Waals surface area contributed by atoms with E-state index in [9.17, 15) is 0 Å². The fraction of sp³-hybridized carbons (Fsp3) is 0.733. The Morgan fingerprint density at radius 3 is 2.85 bits per heavy atom. The van der Waals surface area contributed by atoms with Crippen LogP contribution in [0.15, 0.2) is 15.6 Å². The molecule has 5 heteroatoms. The highest BCUT2D eigenvalue weighted by atomic mass is 16.5. The van der Waals surface area contributed by atoms with Crippen molar-refractivity contribution in [2.24, 2.45) is 10.4 Å². The zero-order valence-corrected chi connectivity index (χ0v) is 13.1. The molecule has 0 aliphatic carbocycles. The molecule has 0 spiro atoms. The molecule has 112 valence electrons.